The Labute approximate surface area is 102 Å². The fourth-order valence-electron chi connectivity index (χ4n) is 1.91. The zero-order chi connectivity index (χ0) is 12.8. The van der Waals surface area contributed by atoms with Crippen LogP contribution in [0.1, 0.15) is 32.3 Å². The minimum absolute atomic E-state index is 0.315. The lowest BCUT2D eigenvalue weighted by Gasteiger charge is -2.19. The maximum atomic E-state index is 13.1. The second-order valence-corrected chi connectivity index (χ2v) is 4.69. The summed E-state index contributed by atoms with van der Waals surface area (Å²) >= 11 is 0. The normalized spacial score (nSPS) is 14.6. The molecule has 0 bridgehead atoms. The summed E-state index contributed by atoms with van der Waals surface area (Å²) < 4.78 is 25.9. The Balaban J connectivity index is 2.63. The van der Waals surface area contributed by atoms with Gasteiger partial charge in [-0.25, -0.2) is 8.78 Å². The molecule has 0 aromatic heterocycles. The maximum absolute atomic E-state index is 13.1. The smallest absolute Gasteiger partial charge is 0.159 e. The molecule has 1 aromatic carbocycles. The SMILES string of the molecule is CCC(C)CC(Cc1ccc(F)c(F)c1)NC. The van der Waals surface area contributed by atoms with E-state index in [9.17, 15) is 8.78 Å². The quantitative estimate of drug-likeness (QED) is 0.803. The molecule has 0 fully saturated rings. The minimum atomic E-state index is -0.781. The summed E-state index contributed by atoms with van der Waals surface area (Å²) in [4.78, 5) is 0. The van der Waals surface area contributed by atoms with Gasteiger partial charge in [-0.1, -0.05) is 26.3 Å². The van der Waals surface area contributed by atoms with E-state index in [1.54, 1.807) is 6.07 Å². The zero-order valence-electron chi connectivity index (χ0n) is 10.8. The van der Waals surface area contributed by atoms with E-state index in [0.717, 1.165) is 24.8 Å². The van der Waals surface area contributed by atoms with Crippen LogP contribution < -0.4 is 5.32 Å². The first-order valence-electron chi connectivity index (χ1n) is 6.18. The van der Waals surface area contributed by atoms with Crippen molar-refractivity contribution in [3.63, 3.8) is 0 Å². The lowest BCUT2D eigenvalue weighted by Crippen LogP contribution is -2.29. The molecule has 0 radical (unpaired) electrons. The van der Waals surface area contributed by atoms with Crippen molar-refractivity contribution in [1.29, 1.82) is 0 Å². The highest BCUT2D eigenvalue weighted by molar-refractivity contribution is 5.18. The monoisotopic (exact) mass is 241 g/mol. The highest BCUT2D eigenvalue weighted by Crippen LogP contribution is 2.15. The van der Waals surface area contributed by atoms with Gasteiger partial charge in [0.2, 0.25) is 0 Å². The standard InChI is InChI=1S/C14H21F2N/c1-4-10(2)7-12(17-3)8-11-5-6-13(15)14(16)9-11/h5-6,9-10,12,17H,4,7-8H2,1-3H3. The number of likely N-dealkylation sites (N-methyl/N-ethyl adjacent to an activating group) is 1. The van der Waals surface area contributed by atoms with Gasteiger partial charge in [0, 0.05) is 6.04 Å². The predicted octanol–water partition coefficient (Wildman–Crippen LogP) is 3.53. The first-order chi connectivity index (χ1) is 8.06. The third kappa shape index (κ3) is 4.43. The molecule has 0 saturated heterocycles. The third-order valence-corrected chi connectivity index (χ3v) is 3.26. The molecule has 0 heterocycles. The number of hydrogen-bond donors (Lipinski definition) is 1. The number of benzene rings is 1. The van der Waals surface area contributed by atoms with Gasteiger partial charge in [-0.2, -0.15) is 0 Å². The van der Waals surface area contributed by atoms with Crippen molar-refractivity contribution >= 4 is 0 Å². The lowest BCUT2D eigenvalue weighted by atomic mass is 9.95. The van der Waals surface area contributed by atoms with Crippen molar-refractivity contribution in [3.8, 4) is 0 Å². The van der Waals surface area contributed by atoms with E-state index in [0.29, 0.717) is 12.0 Å². The van der Waals surface area contributed by atoms with Crippen molar-refractivity contribution in [1.82, 2.24) is 5.32 Å². The van der Waals surface area contributed by atoms with E-state index < -0.39 is 11.6 Å². The van der Waals surface area contributed by atoms with E-state index in [-0.39, 0.29) is 0 Å². The molecule has 1 rings (SSSR count). The molecule has 1 nitrogen and oxygen atoms in total. The van der Waals surface area contributed by atoms with Crippen LogP contribution in [0.5, 0.6) is 0 Å². The molecule has 1 aromatic rings. The molecule has 1 N–H and O–H groups in total. The molecule has 0 spiro atoms. The van der Waals surface area contributed by atoms with Gasteiger partial charge in [-0.05, 0) is 43.5 Å². The zero-order valence-corrected chi connectivity index (χ0v) is 10.8. The van der Waals surface area contributed by atoms with E-state index in [4.69, 9.17) is 0 Å². The second-order valence-electron chi connectivity index (χ2n) is 4.69. The number of halogens is 2. The number of hydrogen-bond acceptors (Lipinski definition) is 1. The fourth-order valence-corrected chi connectivity index (χ4v) is 1.91. The van der Waals surface area contributed by atoms with Crippen molar-refractivity contribution in [3.05, 3.63) is 35.4 Å². The van der Waals surface area contributed by atoms with E-state index in [1.807, 2.05) is 7.05 Å². The van der Waals surface area contributed by atoms with E-state index in [2.05, 4.69) is 19.2 Å². The summed E-state index contributed by atoms with van der Waals surface area (Å²) in [6.45, 7) is 4.37. The molecule has 96 valence electrons. The largest absolute Gasteiger partial charge is 0.317 e. The van der Waals surface area contributed by atoms with Gasteiger partial charge in [0.05, 0.1) is 0 Å². The predicted molar refractivity (Wildman–Crippen MR) is 67.0 cm³/mol. The summed E-state index contributed by atoms with van der Waals surface area (Å²) in [5.74, 6) is -0.907. The molecule has 0 amide bonds. The van der Waals surface area contributed by atoms with Gasteiger partial charge in [0.1, 0.15) is 0 Å². The number of nitrogens with one attached hydrogen (secondary N) is 1. The Morgan fingerprint density at radius 1 is 1.24 bits per heavy atom. The molecule has 0 saturated carbocycles. The summed E-state index contributed by atoms with van der Waals surface area (Å²) in [5.41, 5.74) is 0.839. The Morgan fingerprint density at radius 3 is 2.47 bits per heavy atom. The molecule has 0 aliphatic heterocycles. The maximum Gasteiger partial charge on any atom is 0.159 e. The highest BCUT2D eigenvalue weighted by Gasteiger charge is 2.12. The van der Waals surface area contributed by atoms with Gasteiger partial charge < -0.3 is 5.32 Å². The second kappa shape index (κ2) is 6.70. The highest BCUT2D eigenvalue weighted by atomic mass is 19.2. The molecular formula is C14H21F2N. The van der Waals surface area contributed by atoms with Gasteiger partial charge in [-0.15, -0.1) is 0 Å². The van der Waals surface area contributed by atoms with Crippen LogP contribution in [-0.2, 0) is 6.42 Å². The minimum Gasteiger partial charge on any atom is -0.317 e. The van der Waals surface area contributed by atoms with Crippen molar-refractivity contribution in [2.75, 3.05) is 7.05 Å². The fraction of sp³-hybridized carbons (Fsp3) is 0.571. The average molecular weight is 241 g/mol. The Bertz CT molecular complexity index is 352. The Hall–Kier alpha value is -0.960. The van der Waals surface area contributed by atoms with Crippen LogP contribution in [-0.4, -0.2) is 13.1 Å². The summed E-state index contributed by atoms with van der Waals surface area (Å²) in [6, 6.07) is 4.45. The van der Waals surface area contributed by atoms with Gasteiger partial charge >= 0.3 is 0 Å². The first kappa shape index (κ1) is 14.1. The van der Waals surface area contributed by atoms with Crippen LogP contribution in [0, 0.1) is 17.6 Å². The Morgan fingerprint density at radius 2 is 1.94 bits per heavy atom. The topological polar surface area (TPSA) is 12.0 Å². The van der Waals surface area contributed by atoms with Crippen molar-refractivity contribution in [2.45, 2.75) is 39.2 Å². The third-order valence-electron chi connectivity index (χ3n) is 3.26. The Kier molecular flexibility index (Phi) is 5.56. The van der Waals surface area contributed by atoms with Crippen molar-refractivity contribution in [2.24, 2.45) is 5.92 Å². The average Bonchev–Trinajstić information content (AvgIpc) is 2.32. The van der Waals surface area contributed by atoms with E-state index in [1.165, 1.54) is 12.1 Å². The van der Waals surface area contributed by atoms with Crippen LogP contribution in [0.15, 0.2) is 18.2 Å². The van der Waals surface area contributed by atoms with Crippen LogP contribution in [0.2, 0.25) is 0 Å². The van der Waals surface area contributed by atoms with Crippen LogP contribution in [0.3, 0.4) is 0 Å². The van der Waals surface area contributed by atoms with E-state index >= 15 is 0 Å². The number of rotatable bonds is 6. The van der Waals surface area contributed by atoms with Crippen LogP contribution in [0.25, 0.3) is 0 Å². The summed E-state index contributed by atoms with van der Waals surface area (Å²) in [5, 5.41) is 3.23. The molecule has 3 heteroatoms. The summed E-state index contributed by atoms with van der Waals surface area (Å²) in [6.07, 6.45) is 2.92. The molecular weight excluding hydrogens is 220 g/mol. The van der Waals surface area contributed by atoms with Crippen LogP contribution in [0.4, 0.5) is 8.78 Å². The van der Waals surface area contributed by atoms with Crippen LogP contribution >= 0.6 is 0 Å². The molecule has 0 aliphatic carbocycles. The molecule has 2 unspecified atom stereocenters. The molecule has 17 heavy (non-hydrogen) atoms. The molecule has 2 atom stereocenters. The molecule has 0 aliphatic rings. The van der Waals surface area contributed by atoms with Gasteiger partial charge in [0.15, 0.2) is 11.6 Å². The van der Waals surface area contributed by atoms with Gasteiger partial charge in [-0.3, -0.25) is 0 Å². The van der Waals surface area contributed by atoms with Crippen molar-refractivity contribution < 1.29 is 8.78 Å². The van der Waals surface area contributed by atoms with Gasteiger partial charge in [0.25, 0.3) is 0 Å². The summed E-state index contributed by atoms with van der Waals surface area (Å²) in [7, 11) is 1.91. The first-order valence-corrected chi connectivity index (χ1v) is 6.18. The lowest BCUT2D eigenvalue weighted by molar-refractivity contribution is 0.409.